The maximum absolute atomic E-state index is 11.2. The fourth-order valence-electron chi connectivity index (χ4n) is 1.92. The van der Waals surface area contributed by atoms with Gasteiger partial charge < -0.3 is 14.7 Å². The van der Waals surface area contributed by atoms with Gasteiger partial charge in [-0.25, -0.2) is 0 Å². The molecular formula is C15H23NO3. The molecule has 0 saturated heterocycles. The first kappa shape index (κ1) is 15.5. The smallest absolute Gasteiger partial charge is 0.163 e. The zero-order chi connectivity index (χ0) is 14.3. The molecule has 0 radical (unpaired) electrons. The minimum Gasteiger partial charge on any atom is -0.507 e. The van der Waals surface area contributed by atoms with E-state index < -0.39 is 0 Å². The van der Waals surface area contributed by atoms with E-state index in [1.54, 1.807) is 12.1 Å². The van der Waals surface area contributed by atoms with Crippen LogP contribution in [0.25, 0.3) is 0 Å². The summed E-state index contributed by atoms with van der Waals surface area (Å²) in [7, 11) is 0. The highest BCUT2D eigenvalue weighted by molar-refractivity contribution is 5.96. The van der Waals surface area contributed by atoms with Crippen LogP contribution in [0.5, 0.6) is 11.5 Å². The predicted molar refractivity (Wildman–Crippen MR) is 76.0 cm³/mol. The van der Waals surface area contributed by atoms with Crippen LogP contribution in [0.2, 0.25) is 0 Å². The minimum absolute atomic E-state index is 0.0197. The predicted octanol–water partition coefficient (Wildman–Crippen LogP) is 2.71. The molecule has 0 amide bonds. The van der Waals surface area contributed by atoms with Crippen LogP contribution < -0.4 is 4.74 Å². The maximum atomic E-state index is 11.2. The van der Waals surface area contributed by atoms with Crippen molar-refractivity contribution in [1.82, 2.24) is 4.90 Å². The Bertz CT molecular complexity index is 414. The fourth-order valence-corrected chi connectivity index (χ4v) is 1.92. The molecular weight excluding hydrogens is 242 g/mol. The molecule has 4 heteroatoms. The fraction of sp³-hybridized carbons (Fsp3) is 0.533. The minimum atomic E-state index is -0.148. The van der Waals surface area contributed by atoms with Crippen molar-refractivity contribution in [3.63, 3.8) is 0 Å². The summed E-state index contributed by atoms with van der Waals surface area (Å²) in [6.07, 6.45) is 0.941. The van der Waals surface area contributed by atoms with Gasteiger partial charge in [-0.3, -0.25) is 4.79 Å². The Labute approximate surface area is 115 Å². The second kappa shape index (κ2) is 7.79. The molecule has 106 valence electrons. The van der Waals surface area contributed by atoms with Gasteiger partial charge >= 0.3 is 0 Å². The maximum Gasteiger partial charge on any atom is 0.163 e. The summed E-state index contributed by atoms with van der Waals surface area (Å²) >= 11 is 0. The summed E-state index contributed by atoms with van der Waals surface area (Å²) in [4.78, 5) is 13.5. The molecule has 0 aromatic heterocycles. The van der Waals surface area contributed by atoms with Gasteiger partial charge in [0, 0.05) is 12.6 Å². The van der Waals surface area contributed by atoms with E-state index in [2.05, 4.69) is 18.7 Å². The van der Waals surface area contributed by atoms with Crippen molar-refractivity contribution in [2.75, 3.05) is 26.2 Å². The Morgan fingerprint density at radius 1 is 1.32 bits per heavy atom. The van der Waals surface area contributed by atoms with Gasteiger partial charge in [-0.05, 0) is 38.6 Å². The number of ether oxygens (including phenoxy) is 1. The summed E-state index contributed by atoms with van der Waals surface area (Å²) in [5.74, 6) is 0.432. The van der Waals surface area contributed by atoms with Crippen molar-refractivity contribution in [2.24, 2.45) is 0 Å². The van der Waals surface area contributed by atoms with Crippen LogP contribution in [0.1, 0.15) is 37.6 Å². The molecule has 1 rings (SSSR count). The number of rotatable bonds is 8. The van der Waals surface area contributed by atoms with E-state index in [1.807, 2.05) is 0 Å². The summed E-state index contributed by atoms with van der Waals surface area (Å²) < 4.78 is 5.56. The number of carbonyl (C=O) groups excluding carboxylic acids is 1. The third-order valence-corrected chi connectivity index (χ3v) is 3.13. The first-order chi connectivity index (χ1) is 9.08. The van der Waals surface area contributed by atoms with Crippen molar-refractivity contribution in [2.45, 2.75) is 27.2 Å². The number of nitrogens with zero attached hydrogens (tertiary/aromatic N) is 1. The van der Waals surface area contributed by atoms with Crippen LogP contribution >= 0.6 is 0 Å². The standard InChI is InChI=1S/C15H23NO3/c1-4-16(5-2)9-6-10-19-13-7-8-14(12(3)17)15(18)11-13/h7-8,11,18H,4-6,9-10H2,1-3H3. The number of benzene rings is 1. The normalized spacial score (nSPS) is 10.7. The molecule has 0 heterocycles. The van der Waals surface area contributed by atoms with E-state index >= 15 is 0 Å². The lowest BCUT2D eigenvalue weighted by Gasteiger charge is -2.17. The lowest BCUT2D eigenvalue weighted by molar-refractivity contribution is 0.101. The van der Waals surface area contributed by atoms with E-state index in [-0.39, 0.29) is 11.5 Å². The van der Waals surface area contributed by atoms with Gasteiger partial charge in [-0.2, -0.15) is 0 Å². The van der Waals surface area contributed by atoms with E-state index in [0.717, 1.165) is 26.1 Å². The monoisotopic (exact) mass is 265 g/mol. The van der Waals surface area contributed by atoms with Crippen LogP contribution in [0.15, 0.2) is 18.2 Å². The molecule has 0 aliphatic heterocycles. The lowest BCUT2D eigenvalue weighted by Crippen LogP contribution is -2.25. The quantitative estimate of drug-likeness (QED) is 0.580. The van der Waals surface area contributed by atoms with Gasteiger partial charge in [-0.1, -0.05) is 13.8 Å². The van der Waals surface area contributed by atoms with E-state index in [4.69, 9.17) is 4.74 Å². The molecule has 4 nitrogen and oxygen atoms in total. The van der Waals surface area contributed by atoms with Crippen molar-refractivity contribution in [3.05, 3.63) is 23.8 Å². The average molecular weight is 265 g/mol. The zero-order valence-corrected chi connectivity index (χ0v) is 12.0. The molecule has 0 bridgehead atoms. The van der Waals surface area contributed by atoms with Crippen LogP contribution in [0, 0.1) is 0 Å². The van der Waals surface area contributed by atoms with Gasteiger partial charge in [0.05, 0.1) is 12.2 Å². The Morgan fingerprint density at radius 3 is 2.53 bits per heavy atom. The van der Waals surface area contributed by atoms with Crippen LogP contribution in [0.3, 0.4) is 0 Å². The second-order valence-electron chi connectivity index (χ2n) is 4.46. The molecule has 1 N–H and O–H groups in total. The van der Waals surface area contributed by atoms with Gasteiger partial charge in [0.25, 0.3) is 0 Å². The number of hydrogen-bond donors (Lipinski definition) is 1. The molecule has 0 aliphatic carbocycles. The molecule has 1 aromatic carbocycles. The van der Waals surface area contributed by atoms with Crippen LogP contribution in [0.4, 0.5) is 0 Å². The van der Waals surface area contributed by atoms with Crippen LogP contribution in [-0.4, -0.2) is 42.0 Å². The molecule has 0 fully saturated rings. The summed E-state index contributed by atoms with van der Waals surface area (Å²) in [5, 5.41) is 9.67. The number of aromatic hydroxyl groups is 1. The third-order valence-electron chi connectivity index (χ3n) is 3.13. The first-order valence-corrected chi connectivity index (χ1v) is 6.77. The van der Waals surface area contributed by atoms with Crippen molar-refractivity contribution < 1.29 is 14.6 Å². The Kier molecular flexibility index (Phi) is 6.36. The Balaban J connectivity index is 2.42. The summed E-state index contributed by atoms with van der Waals surface area (Å²) in [5.41, 5.74) is 0.329. The molecule has 0 atom stereocenters. The number of Topliss-reactive ketones (excluding diaryl/α,β-unsaturated/α-hetero) is 1. The van der Waals surface area contributed by atoms with Crippen molar-refractivity contribution in [3.8, 4) is 11.5 Å². The van der Waals surface area contributed by atoms with E-state index in [0.29, 0.717) is 17.9 Å². The number of carbonyl (C=O) groups is 1. The second-order valence-corrected chi connectivity index (χ2v) is 4.46. The zero-order valence-electron chi connectivity index (χ0n) is 12.0. The molecule has 0 unspecified atom stereocenters. The Hall–Kier alpha value is -1.55. The summed E-state index contributed by atoms with van der Waals surface area (Å²) in [6.45, 7) is 9.42. The topological polar surface area (TPSA) is 49.8 Å². The number of phenolic OH excluding ortho intramolecular Hbond substituents is 1. The molecule has 19 heavy (non-hydrogen) atoms. The summed E-state index contributed by atoms with van der Waals surface area (Å²) in [6, 6.07) is 4.80. The first-order valence-electron chi connectivity index (χ1n) is 6.77. The SMILES string of the molecule is CCN(CC)CCCOc1ccc(C(C)=O)c(O)c1. The molecule has 0 aliphatic rings. The van der Waals surface area contributed by atoms with Crippen molar-refractivity contribution in [1.29, 1.82) is 0 Å². The van der Waals surface area contributed by atoms with E-state index in [1.165, 1.54) is 13.0 Å². The van der Waals surface area contributed by atoms with Gasteiger partial charge in [0.1, 0.15) is 11.5 Å². The van der Waals surface area contributed by atoms with Crippen molar-refractivity contribution >= 4 is 5.78 Å². The Morgan fingerprint density at radius 2 is 2.00 bits per heavy atom. The number of hydrogen-bond acceptors (Lipinski definition) is 4. The van der Waals surface area contributed by atoms with Gasteiger partial charge in [0.2, 0.25) is 0 Å². The molecule has 1 aromatic rings. The highest BCUT2D eigenvalue weighted by Crippen LogP contribution is 2.23. The third kappa shape index (κ3) is 4.91. The lowest BCUT2D eigenvalue weighted by atomic mass is 10.1. The molecule has 0 spiro atoms. The highest BCUT2D eigenvalue weighted by Gasteiger charge is 2.07. The average Bonchev–Trinajstić information content (AvgIpc) is 2.38. The number of phenols is 1. The largest absolute Gasteiger partial charge is 0.507 e. The van der Waals surface area contributed by atoms with Gasteiger partial charge in [0.15, 0.2) is 5.78 Å². The van der Waals surface area contributed by atoms with Crippen LogP contribution in [-0.2, 0) is 0 Å². The van der Waals surface area contributed by atoms with E-state index in [9.17, 15) is 9.90 Å². The highest BCUT2D eigenvalue weighted by atomic mass is 16.5. The molecule has 0 saturated carbocycles. The van der Waals surface area contributed by atoms with Gasteiger partial charge in [-0.15, -0.1) is 0 Å². The number of ketones is 1.